The van der Waals surface area contributed by atoms with E-state index < -0.39 is 0 Å². The summed E-state index contributed by atoms with van der Waals surface area (Å²) in [7, 11) is 0. The van der Waals surface area contributed by atoms with Gasteiger partial charge >= 0.3 is 0 Å². The first-order chi connectivity index (χ1) is 13.5. The van der Waals surface area contributed by atoms with Gasteiger partial charge in [-0.3, -0.25) is 15.0 Å². The molecule has 0 spiro atoms. The Morgan fingerprint density at radius 3 is 2.71 bits per heavy atom. The highest BCUT2D eigenvalue weighted by Gasteiger charge is 2.34. The van der Waals surface area contributed by atoms with Crippen LogP contribution >= 0.6 is 35.3 Å². The molecule has 0 radical (unpaired) electrons. The van der Waals surface area contributed by atoms with Crippen molar-refractivity contribution in [2.75, 3.05) is 18.0 Å². The Bertz CT molecular complexity index is 963. The molecular formula is C20H19N3O2S3. The summed E-state index contributed by atoms with van der Waals surface area (Å²) in [6.45, 7) is 4.24. The van der Waals surface area contributed by atoms with E-state index in [1.54, 1.807) is 12.1 Å². The lowest BCUT2D eigenvalue weighted by Gasteiger charge is -2.18. The summed E-state index contributed by atoms with van der Waals surface area (Å²) in [5.74, 6) is -0.637. The highest BCUT2D eigenvalue weighted by atomic mass is 32.2. The van der Waals surface area contributed by atoms with Crippen molar-refractivity contribution in [1.29, 1.82) is 0 Å². The summed E-state index contributed by atoms with van der Waals surface area (Å²) in [5, 5.41) is 2.97. The molecule has 0 aliphatic carbocycles. The number of carbonyl (C=O) groups excluding carboxylic acids is 2. The van der Waals surface area contributed by atoms with Gasteiger partial charge in [-0.15, -0.1) is 11.3 Å². The van der Waals surface area contributed by atoms with Crippen LogP contribution in [0.4, 0.5) is 5.69 Å². The summed E-state index contributed by atoms with van der Waals surface area (Å²) in [5.41, 5.74) is 5.92. The molecule has 5 nitrogen and oxygen atoms in total. The molecule has 1 aromatic heterocycles. The van der Waals surface area contributed by atoms with Crippen molar-refractivity contribution in [1.82, 2.24) is 10.4 Å². The molecule has 2 fully saturated rings. The molecule has 0 saturated carbocycles. The van der Waals surface area contributed by atoms with Crippen LogP contribution in [0.25, 0.3) is 6.08 Å². The van der Waals surface area contributed by atoms with Gasteiger partial charge in [-0.05, 0) is 72.8 Å². The number of amides is 2. The largest absolute Gasteiger partial charge is 0.372 e. The van der Waals surface area contributed by atoms with E-state index in [2.05, 4.69) is 22.5 Å². The van der Waals surface area contributed by atoms with Gasteiger partial charge in [-0.1, -0.05) is 23.9 Å². The molecule has 2 amide bonds. The summed E-state index contributed by atoms with van der Waals surface area (Å²) in [6, 6.07) is 9.80. The van der Waals surface area contributed by atoms with E-state index in [1.165, 1.54) is 41.6 Å². The third kappa shape index (κ3) is 3.85. The number of anilines is 1. The Morgan fingerprint density at radius 2 is 2.04 bits per heavy atom. The second-order valence-electron chi connectivity index (χ2n) is 6.67. The zero-order valence-corrected chi connectivity index (χ0v) is 17.8. The molecule has 0 atom stereocenters. The van der Waals surface area contributed by atoms with Gasteiger partial charge in [0.15, 0.2) is 4.32 Å². The van der Waals surface area contributed by atoms with Gasteiger partial charge < -0.3 is 4.90 Å². The van der Waals surface area contributed by atoms with E-state index in [9.17, 15) is 9.59 Å². The van der Waals surface area contributed by atoms with Gasteiger partial charge in [0, 0.05) is 18.8 Å². The molecule has 2 aliphatic heterocycles. The number of rotatable bonds is 4. The minimum absolute atomic E-state index is 0.303. The van der Waals surface area contributed by atoms with Crippen molar-refractivity contribution in [3.63, 3.8) is 0 Å². The fraction of sp³-hybridized carbons (Fsp3) is 0.250. The van der Waals surface area contributed by atoms with Gasteiger partial charge in [0.1, 0.15) is 0 Å². The number of thiocarbonyl (C=S) groups is 1. The van der Waals surface area contributed by atoms with Crippen molar-refractivity contribution in [2.45, 2.75) is 19.8 Å². The lowest BCUT2D eigenvalue weighted by atomic mass is 10.1. The second kappa shape index (κ2) is 8.06. The molecule has 28 heavy (non-hydrogen) atoms. The number of thiophene rings is 1. The molecule has 8 heteroatoms. The predicted octanol–water partition coefficient (Wildman–Crippen LogP) is 4.20. The molecule has 1 N–H and O–H groups in total. The standard InChI is InChI=1S/C20H19N3O2S3/c1-13-11-15(22-8-2-3-9-22)7-6-14(13)12-17-19(25)23(20(26)28-17)21-18(24)16-5-4-10-27-16/h4-7,10-12H,2-3,8-9H2,1H3,(H,21,24)/b17-12+. The van der Waals surface area contributed by atoms with Crippen LogP contribution in [0.3, 0.4) is 0 Å². The number of thioether (sulfide) groups is 1. The molecule has 2 aliphatic rings. The van der Waals surface area contributed by atoms with Crippen molar-refractivity contribution in [2.24, 2.45) is 0 Å². The zero-order chi connectivity index (χ0) is 19.7. The first kappa shape index (κ1) is 19.2. The predicted molar refractivity (Wildman–Crippen MR) is 119 cm³/mol. The average molecular weight is 430 g/mol. The quantitative estimate of drug-likeness (QED) is 0.583. The van der Waals surface area contributed by atoms with Crippen molar-refractivity contribution in [3.05, 3.63) is 56.6 Å². The minimum Gasteiger partial charge on any atom is -0.372 e. The number of benzene rings is 1. The number of hydrazine groups is 1. The molecule has 3 heterocycles. The summed E-state index contributed by atoms with van der Waals surface area (Å²) in [4.78, 5) is 28.4. The maximum Gasteiger partial charge on any atom is 0.285 e. The fourth-order valence-corrected chi connectivity index (χ4v) is 5.05. The topological polar surface area (TPSA) is 52.6 Å². The number of nitrogens with zero attached hydrogens (tertiary/aromatic N) is 2. The van der Waals surface area contributed by atoms with E-state index in [1.807, 2.05) is 24.4 Å². The summed E-state index contributed by atoms with van der Waals surface area (Å²) >= 11 is 7.81. The highest BCUT2D eigenvalue weighted by molar-refractivity contribution is 8.26. The fourth-order valence-electron chi connectivity index (χ4n) is 3.26. The Morgan fingerprint density at radius 1 is 1.25 bits per heavy atom. The SMILES string of the molecule is Cc1cc(N2CCCC2)ccc1/C=C1/SC(=S)N(NC(=O)c2cccs2)C1=O. The van der Waals surface area contributed by atoms with Crippen LogP contribution in [-0.2, 0) is 4.79 Å². The molecule has 144 valence electrons. The maximum atomic E-state index is 12.7. The van der Waals surface area contributed by atoms with Crippen LogP contribution in [0, 0.1) is 6.92 Å². The molecular weight excluding hydrogens is 410 g/mol. The van der Waals surface area contributed by atoms with Crippen LogP contribution in [0.1, 0.15) is 33.6 Å². The Labute approximate surface area is 177 Å². The average Bonchev–Trinajstić information content (AvgIpc) is 3.42. The first-order valence-corrected chi connectivity index (χ1v) is 11.1. The normalized spacial score (nSPS) is 18.4. The van der Waals surface area contributed by atoms with Gasteiger partial charge in [0.25, 0.3) is 11.8 Å². The number of hydrogen-bond donors (Lipinski definition) is 1. The third-order valence-corrected chi connectivity index (χ3v) is 6.93. The van der Waals surface area contributed by atoms with Crippen molar-refractivity contribution in [3.8, 4) is 0 Å². The molecule has 1 aromatic carbocycles. The Balaban J connectivity index is 1.51. The van der Waals surface area contributed by atoms with Crippen molar-refractivity contribution < 1.29 is 9.59 Å². The van der Waals surface area contributed by atoms with Gasteiger partial charge in [0.2, 0.25) is 0 Å². The van der Waals surface area contributed by atoms with Gasteiger partial charge in [-0.2, -0.15) is 5.01 Å². The molecule has 0 unspecified atom stereocenters. The minimum atomic E-state index is -0.335. The van der Waals surface area contributed by atoms with E-state index >= 15 is 0 Å². The monoisotopic (exact) mass is 429 g/mol. The smallest absolute Gasteiger partial charge is 0.285 e. The number of aryl methyl sites for hydroxylation is 1. The zero-order valence-electron chi connectivity index (χ0n) is 15.3. The van der Waals surface area contributed by atoms with Gasteiger partial charge in [-0.25, -0.2) is 0 Å². The molecule has 2 aromatic rings. The molecule has 0 bridgehead atoms. The lowest BCUT2D eigenvalue weighted by Crippen LogP contribution is -2.44. The van der Waals surface area contributed by atoms with Crippen LogP contribution in [-0.4, -0.2) is 34.2 Å². The third-order valence-electron chi connectivity index (χ3n) is 4.76. The first-order valence-electron chi connectivity index (χ1n) is 9.01. The highest BCUT2D eigenvalue weighted by Crippen LogP contribution is 2.33. The summed E-state index contributed by atoms with van der Waals surface area (Å²) in [6.07, 6.45) is 4.32. The Hall–Kier alpha value is -2.16. The number of carbonyl (C=O) groups is 2. The van der Waals surface area contributed by atoms with Crippen LogP contribution in [0.5, 0.6) is 0 Å². The number of nitrogens with one attached hydrogen (secondary N) is 1. The van der Waals surface area contributed by atoms with Crippen molar-refractivity contribution >= 4 is 63.2 Å². The van der Waals surface area contributed by atoms with Crippen LogP contribution in [0.2, 0.25) is 0 Å². The van der Waals surface area contributed by atoms with E-state index in [4.69, 9.17) is 12.2 Å². The van der Waals surface area contributed by atoms with Gasteiger partial charge in [0.05, 0.1) is 9.78 Å². The van der Waals surface area contributed by atoms with E-state index in [0.717, 1.165) is 29.2 Å². The van der Waals surface area contributed by atoms with E-state index in [0.29, 0.717) is 14.1 Å². The number of hydrogen-bond acceptors (Lipinski definition) is 6. The molecule has 2 saturated heterocycles. The van der Waals surface area contributed by atoms with Crippen LogP contribution in [0.15, 0.2) is 40.6 Å². The van der Waals surface area contributed by atoms with E-state index in [-0.39, 0.29) is 11.8 Å². The molecule has 4 rings (SSSR count). The summed E-state index contributed by atoms with van der Waals surface area (Å²) < 4.78 is 0.326. The Kier molecular flexibility index (Phi) is 5.52. The lowest BCUT2D eigenvalue weighted by molar-refractivity contribution is -0.123. The maximum absolute atomic E-state index is 12.7. The van der Waals surface area contributed by atoms with Crippen LogP contribution < -0.4 is 10.3 Å². The second-order valence-corrected chi connectivity index (χ2v) is 9.29.